The summed E-state index contributed by atoms with van der Waals surface area (Å²) < 4.78 is 1.86. The third-order valence-electron chi connectivity index (χ3n) is 3.26. The highest BCUT2D eigenvalue weighted by atomic mass is 16.1. The molecule has 0 atom stereocenters. The first-order valence-corrected chi connectivity index (χ1v) is 6.90. The van der Waals surface area contributed by atoms with Gasteiger partial charge in [0.05, 0.1) is 5.69 Å². The molecule has 0 fully saturated rings. The average molecular weight is 270 g/mol. The molecule has 1 heterocycles. The number of nitrogens with zero attached hydrogens (tertiary/aromatic N) is 2. The molecule has 106 valence electrons. The van der Waals surface area contributed by atoms with Crippen LogP contribution in [0.2, 0.25) is 0 Å². The minimum absolute atomic E-state index is 0.00858. The van der Waals surface area contributed by atoms with Crippen molar-refractivity contribution in [3.63, 3.8) is 0 Å². The van der Waals surface area contributed by atoms with E-state index in [1.165, 1.54) is 0 Å². The van der Waals surface area contributed by atoms with Gasteiger partial charge in [0.25, 0.3) is 0 Å². The van der Waals surface area contributed by atoms with Gasteiger partial charge in [-0.05, 0) is 18.1 Å². The van der Waals surface area contributed by atoms with Gasteiger partial charge in [-0.25, -0.2) is 0 Å². The third kappa shape index (κ3) is 3.16. The van der Waals surface area contributed by atoms with Gasteiger partial charge in [-0.2, -0.15) is 5.10 Å². The number of ketones is 1. The van der Waals surface area contributed by atoms with E-state index in [-0.39, 0.29) is 11.2 Å². The largest absolute Gasteiger partial charge is 0.300 e. The molecule has 0 bridgehead atoms. The fraction of sp³-hybridized carbons (Fsp3) is 0.412. The molecule has 1 aromatic heterocycles. The number of hydrogen-bond acceptors (Lipinski definition) is 2. The summed E-state index contributed by atoms with van der Waals surface area (Å²) in [6.07, 6.45) is 2.56. The summed E-state index contributed by atoms with van der Waals surface area (Å²) in [5.41, 5.74) is 4.47. The zero-order valence-electron chi connectivity index (χ0n) is 12.9. The Bertz CT molecular complexity index is 615. The maximum absolute atomic E-state index is 11.1. The van der Waals surface area contributed by atoms with Crippen molar-refractivity contribution in [3.05, 3.63) is 41.7 Å². The predicted octanol–water partition coefficient (Wildman–Crippen LogP) is 3.52. The maximum atomic E-state index is 11.1. The monoisotopic (exact) mass is 270 g/mol. The Kier molecular flexibility index (Phi) is 3.80. The van der Waals surface area contributed by atoms with Crippen LogP contribution in [0, 0.1) is 0 Å². The number of rotatable bonds is 3. The van der Waals surface area contributed by atoms with Gasteiger partial charge < -0.3 is 0 Å². The fourth-order valence-corrected chi connectivity index (χ4v) is 2.34. The van der Waals surface area contributed by atoms with Gasteiger partial charge in [0.15, 0.2) is 0 Å². The lowest BCUT2D eigenvalue weighted by molar-refractivity contribution is -0.116. The van der Waals surface area contributed by atoms with Gasteiger partial charge in [0, 0.05) is 30.6 Å². The summed E-state index contributed by atoms with van der Waals surface area (Å²) in [7, 11) is 1.95. The molecular weight excluding hydrogens is 248 g/mol. The van der Waals surface area contributed by atoms with E-state index in [0.717, 1.165) is 22.4 Å². The van der Waals surface area contributed by atoms with E-state index in [9.17, 15) is 4.79 Å². The zero-order chi connectivity index (χ0) is 14.9. The van der Waals surface area contributed by atoms with Crippen LogP contribution in [0.3, 0.4) is 0 Å². The molecule has 1 aromatic carbocycles. The van der Waals surface area contributed by atoms with Crippen LogP contribution in [0.25, 0.3) is 11.1 Å². The number of aryl methyl sites for hydroxylation is 1. The minimum atomic E-state index is 0.00858. The fourth-order valence-electron chi connectivity index (χ4n) is 2.34. The molecule has 20 heavy (non-hydrogen) atoms. The number of hydrogen-bond donors (Lipinski definition) is 0. The molecule has 0 saturated carbocycles. The Balaban J connectivity index is 2.39. The molecule has 0 amide bonds. The topological polar surface area (TPSA) is 34.9 Å². The van der Waals surface area contributed by atoms with Crippen molar-refractivity contribution >= 4 is 5.78 Å². The molecule has 0 aliphatic carbocycles. The highest BCUT2D eigenvalue weighted by molar-refractivity contribution is 5.78. The average Bonchev–Trinajstić information content (AvgIpc) is 2.71. The van der Waals surface area contributed by atoms with E-state index in [4.69, 9.17) is 0 Å². The van der Waals surface area contributed by atoms with Gasteiger partial charge in [0.2, 0.25) is 0 Å². The number of carbonyl (C=O) groups excluding carboxylic acids is 1. The van der Waals surface area contributed by atoms with Crippen molar-refractivity contribution < 1.29 is 4.79 Å². The van der Waals surface area contributed by atoms with Crippen LogP contribution in [-0.4, -0.2) is 15.6 Å². The van der Waals surface area contributed by atoms with Gasteiger partial charge >= 0.3 is 0 Å². The van der Waals surface area contributed by atoms with Crippen LogP contribution in [0.1, 0.15) is 39.0 Å². The highest BCUT2D eigenvalue weighted by Gasteiger charge is 2.22. The Morgan fingerprint density at radius 1 is 1.20 bits per heavy atom. The normalized spacial score (nSPS) is 11.7. The Labute approximate surface area is 120 Å². The minimum Gasteiger partial charge on any atom is -0.300 e. The Morgan fingerprint density at radius 3 is 2.30 bits per heavy atom. The summed E-state index contributed by atoms with van der Waals surface area (Å²) in [6.45, 7) is 8.13. The smallest absolute Gasteiger partial charge is 0.134 e. The second kappa shape index (κ2) is 5.23. The lowest BCUT2D eigenvalue weighted by Crippen LogP contribution is -2.13. The SMILES string of the molecule is CC(=O)Cc1ccc(-c2cn(C)nc2C(C)(C)C)cc1. The first-order chi connectivity index (χ1) is 9.27. The van der Waals surface area contributed by atoms with Crippen molar-refractivity contribution in [1.82, 2.24) is 9.78 Å². The van der Waals surface area contributed by atoms with E-state index >= 15 is 0 Å². The summed E-state index contributed by atoms with van der Waals surface area (Å²) in [5, 5.41) is 4.59. The van der Waals surface area contributed by atoms with Crippen molar-refractivity contribution in [2.45, 2.75) is 39.5 Å². The van der Waals surface area contributed by atoms with E-state index in [1.54, 1.807) is 6.92 Å². The van der Waals surface area contributed by atoms with Crippen LogP contribution in [-0.2, 0) is 23.7 Å². The molecule has 2 rings (SSSR count). The van der Waals surface area contributed by atoms with Crippen molar-refractivity contribution in [1.29, 1.82) is 0 Å². The quantitative estimate of drug-likeness (QED) is 0.855. The number of benzene rings is 1. The molecule has 2 aromatic rings. The molecule has 0 N–H and O–H groups in total. The van der Waals surface area contributed by atoms with Gasteiger partial charge in [0.1, 0.15) is 5.78 Å². The summed E-state index contributed by atoms with van der Waals surface area (Å²) in [5.74, 6) is 0.189. The number of carbonyl (C=O) groups is 1. The van der Waals surface area contributed by atoms with Crippen LogP contribution in [0.15, 0.2) is 30.5 Å². The van der Waals surface area contributed by atoms with Crippen molar-refractivity contribution in [2.24, 2.45) is 7.05 Å². The molecule has 3 nitrogen and oxygen atoms in total. The third-order valence-corrected chi connectivity index (χ3v) is 3.26. The molecule has 0 aliphatic rings. The molecule has 0 saturated heterocycles. The van der Waals surface area contributed by atoms with Crippen LogP contribution in [0.4, 0.5) is 0 Å². The standard InChI is InChI=1S/C17H22N2O/c1-12(20)10-13-6-8-14(9-7-13)15-11-19(5)18-16(15)17(2,3)4/h6-9,11H,10H2,1-5H3. The van der Waals surface area contributed by atoms with E-state index in [0.29, 0.717) is 6.42 Å². The molecule has 0 aliphatic heterocycles. The van der Waals surface area contributed by atoms with Gasteiger partial charge in [-0.1, -0.05) is 45.0 Å². The van der Waals surface area contributed by atoms with E-state index in [1.807, 2.05) is 23.9 Å². The lowest BCUT2D eigenvalue weighted by atomic mass is 9.87. The molecule has 0 unspecified atom stereocenters. The van der Waals surface area contributed by atoms with Crippen LogP contribution < -0.4 is 0 Å². The van der Waals surface area contributed by atoms with Gasteiger partial charge in [-0.15, -0.1) is 0 Å². The van der Waals surface area contributed by atoms with Crippen molar-refractivity contribution in [3.8, 4) is 11.1 Å². The second-order valence-electron chi connectivity index (χ2n) is 6.39. The summed E-state index contributed by atoms with van der Waals surface area (Å²) in [6, 6.07) is 8.20. The molecular formula is C17H22N2O. The molecule has 0 radical (unpaired) electrons. The lowest BCUT2D eigenvalue weighted by Gasteiger charge is -2.17. The van der Waals surface area contributed by atoms with E-state index in [2.05, 4.69) is 44.2 Å². The predicted molar refractivity (Wildman–Crippen MR) is 81.7 cm³/mol. The first kappa shape index (κ1) is 14.5. The Morgan fingerprint density at radius 2 is 1.80 bits per heavy atom. The van der Waals surface area contributed by atoms with Crippen LogP contribution in [0.5, 0.6) is 0 Å². The Hall–Kier alpha value is -1.90. The van der Waals surface area contributed by atoms with Crippen molar-refractivity contribution in [2.75, 3.05) is 0 Å². The molecule has 0 spiro atoms. The second-order valence-corrected chi connectivity index (χ2v) is 6.39. The number of aromatic nitrogens is 2. The van der Waals surface area contributed by atoms with Crippen LogP contribution >= 0.6 is 0 Å². The van der Waals surface area contributed by atoms with E-state index < -0.39 is 0 Å². The highest BCUT2D eigenvalue weighted by Crippen LogP contribution is 2.31. The number of Topliss-reactive ketones (excluding diaryl/α,β-unsaturated/α-hetero) is 1. The maximum Gasteiger partial charge on any atom is 0.134 e. The molecule has 3 heteroatoms. The summed E-state index contributed by atoms with van der Waals surface area (Å²) in [4.78, 5) is 11.1. The van der Waals surface area contributed by atoms with Gasteiger partial charge in [-0.3, -0.25) is 9.48 Å². The first-order valence-electron chi connectivity index (χ1n) is 6.90. The summed E-state index contributed by atoms with van der Waals surface area (Å²) >= 11 is 0. The zero-order valence-corrected chi connectivity index (χ0v) is 12.9.